The number of para-hydroxylation sites is 1. The van der Waals surface area contributed by atoms with Crippen LogP contribution in [0.15, 0.2) is 36.7 Å². The van der Waals surface area contributed by atoms with Crippen molar-refractivity contribution in [1.82, 2.24) is 9.78 Å². The van der Waals surface area contributed by atoms with E-state index in [1.54, 1.807) is 31.2 Å². The quantitative estimate of drug-likeness (QED) is 0.680. The lowest BCUT2D eigenvalue weighted by atomic mass is 10.2. The fourth-order valence-electron chi connectivity index (χ4n) is 1.68. The third kappa shape index (κ3) is 3.03. The molecule has 0 spiro atoms. The molecule has 0 aliphatic rings. The van der Waals surface area contributed by atoms with Crippen LogP contribution in [-0.2, 0) is 4.79 Å². The molecule has 0 bridgehead atoms. The Bertz CT molecular complexity index is 731. The van der Waals surface area contributed by atoms with Gasteiger partial charge in [0.2, 0.25) is 5.91 Å². The number of anilines is 1. The van der Waals surface area contributed by atoms with Crippen molar-refractivity contribution in [3.63, 3.8) is 0 Å². The molecule has 8 nitrogen and oxygen atoms in total. The van der Waals surface area contributed by atoms with Gasteiger partial charge in [-0.2, -0.15) is 10.4 Å². The van der Waals surface area contributed by atoms with Crippen molar-refractivity contribution in [2.45, 2.75) is 13.0 Å². The number of nitro groups is 1. The molecule has 1 aromatic heterocycles. The summed E-state index contributed by atoms with van der Waals surface area (Å²) in [6, 6.07) is 7.80. The van der Waals surface area contributed by atoms with Crippen LogP contribution >= 0.6 is 0 Å². The van der Waals surface area contributed by atoms with Crippen molar-refractivity contribution < 1.29 is 9.72 Å². The van der Waals surface area contributed by atoms with Gasteiger partial charge < -0.3 is 5.32 Å². The molecule has 1 aromatic carbocycles. The van der Waals surface area contributed by atoms with Gasteiger partial charge in [-0.1, -0.05) is 12.1 Å². The molecule has 2 rings (SSSR count). The molecule has 2 aromatic rings. The van der Waals surface area contributed by atoms with E-state index < -0.39 is 16.9 Å². The van der Waals surface area contributed by atoms with Gasteiger partial charge in [-0.3, -0.25) is 19.6 Å². The number of hydrogen-bond donors (Lipinski definition) is 1. The van der Waals surface area contributed by atoms with Crippen molar-refractivity contribution in [1.29, 1.82) is 5.26 Å². The number of hydrogen-bond acceptors (Lipinski definition) is 5. The second kappa shape index (κ2) is 5.83. The van der Waals surface area contributed by atoms with Gasteiger partial charge in [0.15, 0.2) is 0 Å². The second-order valence-electron chi connectivity index (χ2n) is 4.26. The highest BCUT2D eigenvalue weighted by Crippen LogP contribution is 2.17. The lowest BCUT2D eigenvalue weighted by Crippen LogP contribution is -2.24. The number of aromatic nitrogens is 2. The maximum Gasteiger partial charge on any atom is 0.307 e. The van der Waals surface area contributed by atoms with Crippen molar-refractivity contribution in [3.8, 4) is 6.07 Å². The Morgan fingerprint density at radius 2 is 2.24 bits per heavy atom. The summed E-state index contributed by atoms with van der Waals surface area (Å²) in [5.41, 5.74) is 0.537. The van der Waals surface area contributed by atoms with E-state index >= 15 is 0 Å². The zero-order valence-electron chi connectivity index (χ0n) is 11.1. The molecular formula is C13H11N5O3. The fourth-order valence-corrected chi connectivity index (χ4v) is 1.68. The smallest absolute Gasteiger partial charge is 0.307 e. The summed E-state index contributed by atoms with van der Waals surface area (Å²) in [5, 5.41) is 26.0. The largest absolute Gasteiger partial charge is 0.323 e. The fraction of sp³-hybridized carbons (Fsp3) is 0.154. The van der Waals surface area contributed by atoms with E-state index in [4.69, 9.17) is 5.26 Å². The van der Waals surface area contributed by atoms with Crippen LogP contribution in [0.5, 0.6) is 0 Å². The minimum Gasteiger partial charge on any atom is -0.323 e. The zero-order valence-corrected chi connectivity index (χ0v) is 11.1. The molecule has 0 aliphatic carbocycles. The topological polar surface area (TPSA) is 114 Å². The van der Waals surface area contributed by atoms with Crippen LogP contribution in [0.3, 0.4) is 0 Å². The zero-order chi connectivity index (χ0) is 15.4. The summed E-state index contributed by atoms with van der Waals surface area (Å²) >= 11 is 0. The Morgan fingerprint density at radius 1 is 1.52 bits per heavy atom. The number of nitrogens with zero attached hydrogens (tertiary/aromatic N) is 4. The monoisotopic (exact) mass is 285 g/mol. The van der Waals surface area contributed by atoms with Crippen LogP contribution in [0, 0.1) is 21.4 Å². The predicted octanol–water partition coefficient (Wildman–Crippen LogP) is 1.86. The summed E-state index contributed by atoms with van der Waals surface area (Å²) in [5.74, 6) is -0.421. The van der Waals surface area contributed by atoms with Crippen LogP contribution in [-0.4, -0.2) is 20.6 Å². The summed E-state index contributed by atoms with van der Waals surface area (Å²) in [4.78, 5) is 22.1. The number of amides is 1. The lowest BCUT2D eigenvalue weighted by molar-refractivity contribution is -0.385. The van der Waals surface area contributed by atoms with Gasteiger partial charge in [0, 0.05) is 0 Å². The van der Waals surface area contributed by atoms with Gasteiger partial charge >= 0.3 is 5.69 Å². The number of carbonyl (C=O) groups is 1. The molecule has 0 saturated carbocycles. The van der Waals surface area contributed by atoms with Crippen LogP contribution in [0.1, 0.15) is 18.5 Å². The Hall–Kier alpha value is -3.21. The van der Waals surface area contributed by atoms with E-state index in [1.165, 1.54) is 10.9 Å². The molecule has 0 radical (unpaired) electrons. The molecule has 1 N–H and O–H groups in total. The maximum atomic E-state index is 12.1. The van der Waals surface area contributed by atoms with Crippen molar-refractivity contribution in [2.24, 2.45) is 0 Å². The highest BCUT2D eigenvalue weighted by molar-refractivity contribution is 5.94. The summed E-state index contributed by atoms with van der Waals surface area (Å²) in [6.45, 7) is 1.56. The number of carbonyl (C=O) groups excluding carboxylic acids is 1. The summed E-state index contributed by atoms with van der Waals surface area (Å²) in [6.07, 6.45) is 2.26. The molecule has 0 saturated heterocycles. The SMILES string of the molecule is CC(C(=O)Nc1ccccc1C#N)n1cc([N+](=O)[O-])cn1. The van der Waals surface area contributed by atoms with E-state index in [-0.39, 0.29) is 5.69 Å². The first-order valence-corrected chi connectivity index (χ1v) is 6.01. The molecule has 1 atom stereocenters. The molecule has 8 heteroatoms. The number of nitriles is 1. The van der Waals surface area contributed by atoms with Gasteiger partial charge in [-0.05, 0) is 19.1 Å². The third-order valence-corrected chi connectivity index (χ3v) is 2.88. The first-order chi connectivity index (χ1) is 10.0. The molecule has 1 heterocycles. The van der Waals surface area contributed by atoms with Crippen molar-refractivity contribution in [2.75, 3.05) is 5.32 Å². The van der Waals surface area contributed by atoms with Crippen LogP contribution in [0.25, 0.3) is 0 Å². The van der Waals surface area contributed by atoms with Gasteiger partial charge in [0.05, 0.1) is 16.2 Å². The second-order valence-corrected chi connectivity index (χ2v) is 4.26. The Balaban J connectivity index is 2.16. The Kier molecular flexibility index (Phi) is 3.95. The lowest BCUT2D eigenvalue weighted by Gasteiger charge is -2.12. The van der Waals surface area contributed by atoms with Crippen LogP contribution in [0.2, 0.25) is 0 Å². The highest BCUT2D eigenvalue weighted by Gasteiger charge is 2.19. The van der Waals surface area contributed by atoms with E-state index in [1.807, 2.05) is 6.07 Å². The average Bonchev–Trinajstić information content (AvgIpc) is 2.97. The molecule has 106 valence electrons. The molecule has 0 aliphatic heterocycles. The summed E-state index contributed by atoms with van der Waals surface area (Å²) in [7, 11) is 0. The Labute approximate surface area is 119 Å². The first kappa shape index (κ1) is 14.2. The van der Waals surface area contributed by atoms with E-state index in [9.17, 15) is 14.9 Å². The predicted molar refractivity (Wildman–Crippen MR) is 73.4 cm³/mol. The first-order valence-electron chi connectivity index (χ1n) is 6.01. The maximum absolute atomic E-state index is 12.1. The van der Waals surface area contributed by atoms with Crippen LogP contribution < -0.4 is 5.32 Å². The summed E-state index contributed by atoms with van der Waals surface area (Å²) < 4.78 is 1.20. The van der Waals surface area contributed by atoms with Gasteiger partial charge in [0.25, 0.3) is 0 Å². The minimum absolute atomic E-state index is 0.188. The van der Waals surface area contributed by atoms with Crippen molar-refractivity contribution in [3.05, 3.63) is 52.3 Å². The van der Waals surface area contributed by atoms with Gasteiger partial charge in [-0.15, -0.1) is 0 Å². The number of rotatable bonds is 4. The standard InChI is InChI=1S/C13H11N5O3/c1-9(17-8-11(7-15-17)18(20)21)13(19)16-12-5-3-2-4-10(12)6-14/h2-5,7-9H,1H3,(H,16,19). The van der Waals surface area contributed by atoms with Gasteiger partial charge in [-0.25, -0.2) is 0 Å². The number of benzene rings is 1. The normalized spacial score (nSPS) is 11.4. The molecular weight excluding hydrogens is 274 g/mol. The Morgan fingerprint density at radius 3 is 2.86 bits per heavy atom. The third-order valence-electron chi connectivity index (χ3n) is 2.88. The average molecular weight is 285 g/mol. The van der Waals surface area contributed by atoms with E-state index in [0.717, 1.165) is 6.20 Å². The minimum atomic E-state index is -0.745. The molecule has 21 heavy (non-hydrogen) atoms. The van der Waals surface area contributed by atoms with Gasteiger partial charge in [0.1, 0.15) is 24.5 Å². The van der Waals surface area contributed by atoms with Crippen LogP contribution in [0.4, 0.5) is 11.4 Å². The molecule has 1 unspecified atom stereocenters. The van der Waals surface area contributed by atoms with E-state index in [0.29, 0.717) is 11.3 Å². The van der Waals surface area contributed by atoms with E-state index in [2.05, 4.69) is 10.4 Å². The molecule has 1 amide bonds. The highest BCUT2D eigenvalue weighted by atomic mass is 16.6. The van der Waals surface area contributed by atoms with Crippen molar-refractivity contribution >= 4 is 17.3 Å². The molecule has 0 fully saturated rings. The number of nitrogens with one attached hydrogen (secondary N) is 1.